The second-order valence-corrected chi connectivity index (χ2v) is 10.4. The summed E-state index contributed by atoms with van der Waals surface area (Å²) in [5.74, 6) is 3.14. The summed E-state index contributed by atoms with van der Waals surface area (Å²) in [7, 11) is 1.67. The van der Waals surface area contributed by atoms with Crippen molar-refractivity contribution in [2.24, 2.45) is 28.6 Å². The van der Waals surface area contributed by atoms with Crippen LogP contribution in [-0.4, -0.2) is 18.7 Å². The van der Waals surface area contributed by atoms with E-state index in [9.17, 15) is 9.59 Å². The lowest BCUT2D eigenvalue weighted by Gasteiger charge is -2.56. The van der Waals surface area contributed by atoms with Crippen LogP contribution in [0.15, 0.2) is 41.5 Å². The molecule has 4 aliphatic carbocycles. The number of fused-ring (bicyclic) bond motifs is 5. The highest BCUT2D eigenvalue weighted by molar-refractivity contribution is 6.06. The van der Waals surface area contributed by atoms with Gasteiger partial charge in [-0.1, -0.05) is 31.6 Å². The molecule has 1 aromatic carbocycles. The van der Waals surface area contributed by atoms with Gasteiger partial charge in [-0.25, -0.2) is 0 Å². The van der Waals surface area contributed by atoms with E-state index < -0.39 is 0 Å². The van der Waals surface area contributed by atoms with Gasteiger partial charge < -0.3 is 4.74 Å². The molecule has 3 saturated carbocycles. The molecule has 0 spiro atoms. The number of rotatable bonds is 2. The van der Waals surface area contributed by atoms with E-state index in [0.29, 0.717) is 35.7 Å². The number of allylic oxidation sites excluding steroid dienone is 2. The van der Waals surface area contributed by atoms with Gasteiger partial charge in [-0.3, -0.25) is 9.59 Å². The highest BCUT2D eigenvalue weighted by atomic mass is 16.5. The third kappa shape index (κ3) is 2.85. The van der Waals surface area contributed by atoms with E-state index in [4.69, 9.17) is 4.74 Å². The van der Waals surface area contributed by atoms with Crippen LogP contribution in [0.1, 0.15) is 64.4 Å². The van der Waals surface area contributed by atoms with Crippen LogP contribution in [0.4, 0.5) is 0 Å². The lowest BCUT2D eigenvalue weighted by atomic mass is 9.47. The first-order chi connectivity index (χ1) is 14.3. The van der Waals surface area contributed by atoms with Crippen molar-refractivity contribution in [1.29, 1.82) is 0 Å². The lowest BCUT2D eigenvalue weighted by Crippen LogP contribution is -2.50. The number of ketones is 2. The molecule has 3 heteroatoms. The molecule has 30 heavy (non-hydrogen) atoms. The fraction of sp³-hybridized carbons (Fsp3) is 0.556. The molecule has 0 saturated heterocycles. The van der Waals surface area contributed by atoms with E-state index in [1.54, 1.807) is 7.11 Å². The first kappa shape index (κ1) is 19.8. The smallest absolute Gasteiger partial charge is 0.165 e. The van der Waals surface area contributed by atoms with Gasteiger partial charge in [0.1, 0.15) is 5.75 Å². The van der Waals surface area contributed by atoms with Crippen LogP contribution >= 0.6 is 0 Å². The van der Waals surface area contributed by atoms with E-state index in [-0.39, 0.29) is 10.8 Å². The summed E-state index contributed by atoms with van der Waals surface area (Å²) in [6.45, 7) is 4.62. The van der Waals surface area contributed by atoms with E-state index >= 15 is 0 Å². The quantitative estimate of drug-likeness (QED) is 0.586. The minimum atomic E-state index is -0.221. The maximum absolute atomic E-state index is 13.5. The zero-order valence-electron chi connectivity index (χ0n) is 18.4. The predicted octanol–water partition coefficient (Wildman–Crippen LogP) is 5.79. The number of Topliss-reactive ketones (excluding diaryl/α,β-unsaturated/α-hetero) is 1. The molecule has 0 amide bonds. The molecule has 5 unspecified atom stereocenters. The van der Waals surface area contributed by atoms with Crippen molar-refractivity contribution in [3.63, 3.8) is 0 Å². The maximum Gasteiger partial charge on any atom is 0.165 e. The van der Waals surface area contributed by atoms with Gasteiger partial charge in [0, 0.05) is 11.8 Å². The van der Waals surface area contributed by atoms with Gasteiger partial charge in [0.05, 0.1) is 7.11 Å². The third-order valence-electron chi connectivity index (χ3n) is 9.06. The average Bonchev–Trinajstić information content (AvgIpc) is 3.00. The first-order valence-electron chi connectivity index (χ1n) is 11.5. The highest BCUT2D eigenvalue weighted by Gasteiger charge is 2.60. The largest absolute Gasteiger partial charge is 0.497 e. The van der Waals surface area contributed by atoms with Crippen LogP contribution in [0.3, 0.4) is 0 Å². The summed E-state index contributed by atoms with van der Waals surface area (Å²) in [5, 5.41) is 0. The molecule has 0 heterocycles. The first-order valence-corrected chi connectivity index (χ1v) is 11.5. The molecular weight excluding hydrogens is 372 g/mol. The number of methoxy groups -OCH3 is 1. The summed E-state index contributed by atoms with van der Waals surface area (Å²) in [6.07, 6.45) is 10.9. The Labute approximate surface area is 179 Å². The second-order valence-electron chi connectivity index (χ2n) is 10.4. The van der Waals surface area contributed by atoms with Crippen LogP contribution in [0.5, 0.6) is 5.75 Å². The molecular formula is C27H32O3. The van der Waals surface area contributed by atoms with Crippen molar-refractivity contribution < 1.29 is 14.3 Å². The van der Waals surface area contributed by atoms with Crippen molar-refractivity contribution in [2.75, 3.05) is 7.11 Å². The number of carbonyl (C=O) groups excluding carboxylic acids is 2. The van der Waals surface area contributed by atoms with Gasteiger partial charge in [-0.05, 0) is 97.1 Å². The SMILES string of the molecule is COc1ccc(/C=C2\CC3C4CCC5=CC(=O)CCC5(C)C4CCC3(C)C2=O)cc1. The predicted molar refractivity (Wildman–Crippen MR) is 118 cm³/mol. The van der Waals surface area contributed by atoms with Crippen LogP contribution in [0.25, 0.3) is 6.08 Å². The molecule has 5 rings (SSSR count). The molecule has 4 aliphatic rings. The molecule has 5 atom stereocenters. The summed E-state index contributed by atoms with van der Waals surface area (Å²) in [4.78, 5) is 25.5. The number of benzene rings is 1. The standard InChI is InChI=1S/C27H32O3/c1-26-12-10-20(28)16-19(26)6-9-22-23(26)11-13-27(2)24(22)15-18(25(27)29)14-17-4-7-21(30-3)8-5-17/h4-5,7-8,14,16,22-24H,6,9-13,15H2,1-3H3/b18-14+. The molecule has 0 radical (unpaired) electrons. The molecule has 0 N–H and O–H groups in total. The minimum Gasteiger partial charge on any atom is -0.497 e. The topological polar surface area (TPSA) is 43.4 Å². The van der Waals surface area contributed by atoms with Crippen molar-refractivity contribution in [1.82, 2.24) is 0 Å². The van der Waals surface area contributed by atoms with Gasteiger partial charge in [0.15, 0.2) is 11.6 Å². The van der Waals surface area contributed by atoms with Crippen molar-refractivity contribution in [3.8, 4) is 5.75 Å². The molecule has 0 aliphatic heterocycles. The minimum absolute atomic E-state index is 0.156. The Kier molecular flexibility index (Phi) is 4.57. The lowest BCUT2D eigenvalue weighted by molar-refractivity contribution is -0.130. The fourth-order valence-electron chi connectivity index (χ4n) is 7.26. The molecule has 0 aromatic heterocycles. The molecule has 0 bridgehead atoms. The number of hydrogen-bond donors (Lipinski definition) is 0. The van der Waals surface area contributed by atoms with E-state index in [2.05, 4.69) is 19.9 Å². The summed E-state index contributed by atoms with van der Waals surface area (Å²) in [5.41, 5.74) is 3.40. The third-order valence-corrected chi connectivity index (χ3v) is 9.06. The highest BCUT2D eigenvalue weighted by Crippen LogP contribution is 2.65. The number of carbonyl (C=O) groups is 2. The molecule has 3 fully saturated rings. The number of hydrogen-bond acceptors (Lipinski definition) is 3. The normalized spacial score (nSPS) is 39.2. The van der Waals surface area contributed by atoms with E-state index in [0.717, 1.165) is 55.4 Å². The van der Waals surface area contributed by atoms with Gasteiger partial charge in [0.25, 0.3) is 0 Å². The summed E-state index contributed by atoms with van der Waals surface area (Å²) >= 11 is 0. The molecule has 3 nitrogen and oxygen atoms in total. The Hall–Kier alpha value is -2.16. The van der Waals surface area contributed by atoms with Gasteiger partial charge >= 0.3 is 0 Å². The summed E-state index contributed by atoms with van der Waals surface area (Å²) in [6, 6.07) is 7.97. The van der Waals surface area contributed by atoms with Crippen molar-refractivity contribution in [3.05, 3.63) is 47.1 Å². The van der Waals surface area contributed by atoms with Crippen molar-refractivity contribution in [2.45, 2.75) is 58.8 Å². The van der Waals surface area contributed by atoms with Crippen LogP contribution < -0.4 is 4.74 Å². The zero-order chi connectivity index (χ0) is 21.1. The Morgan fingerprint density at radius 3 is 2.47 bits per heavy atom. The zero-order valence-corrected chi connectivity index (χ0v) is 18.4. The van der Waals surface area contributed by atoms with Gasteiger partial charge in [-0.2, -0.15) is 0 Å². The Bertz CT molecular complexity index is 953. The fourth-order valence-corrected chi connectivity index (χ4v) is 7.26. The van der Waals surface area contributed by atoms with E-state index in [1.807, 2.05) is 30.3 Å². The van der Waals surface area contributed by atoms with E-state index in [1.165, 1.54) is 5.57 Å². The molecule has 1 aromatic rings. The Balaban J connectivity index is 1.45. The monoisotopic (exact) mass is 404 g/mol. The number of ether oxygens (including phenoxy) is 1. The summed E-state index contributed by atoms with van der Waals surface area (Å²) < 4.78 is 5.26. The maximum atomic E-state index is 13.5. The van der Waals surface area contributed by atoms with Crippen LogP contribution in [-0.2, 0) is 9.59 Å². The van der Waals surface area contributed by atoms with Gasteiger partial charge in [-0.15, -0.1) is 0 Å². The van der Waals surface area contributed by atoms with Gasteiger partial charge in [0.2, 0.25) is 0 Å². The second kappa shape index (κ2) is 6.93. The van der Waals surface area contributed by atoms with Crippen LogP contribution in [0, 0.1) is 28.6 Å². The van der Waals surface area contributed by atoms with Crippen LogP contribution in [0.2, 0.25) is 0 Å². The average molecular weight is 405 g/mol. The molecule has 158 valence electrons. The van der Waals surface area contributed by atoms with Crippen molar-refractivity contribution >= 4 is 17.6 Å². The Morgan fingerprint density at radius 1 is 0.967 bits per heavy atom. The Morgan fingerprint density at radius 2 is 1.73 bits per heavy atom.